The third kappa shape index (κ3) is 5.78. The van der Waals surface area contributed by atoms with Crippen molar-refractivity contribution < 1.29 is 9.72 Å². The lowest BCUT2D eigenvalue weighted by Gasteiger charge is -2.07. The molecule has 9 heteroatoms. The van der Waals surface area contributed by atoms with E-state index in [1.165, 1.54) is 12.1 Å². The minimum Gasteiger partial charge on any atom is -0.351 e. The fourth-order valence-corrected chi connectivity index (χ4v) is 3.56. The molecule has 0 spiro atoms. The minimum absolute atomic E-state index is 0.00283. The zero-order valence-electron chi connectivity index (χ0n) is 12.8. The van der Waals surface area contributed by atoms with E-state index in [1.54, 1.807) is 23.9 Å². The molecule has 0 saturated heterocycles. The summed E-state index contributed by atoms with van der Waals surface area (Å²) in [5.41, 5.74) is 0.874. The highest BCUT2D eigenvalue weighted by atomic mass is 35.5. The Hall–Kier alpha value is -1.47. The quantitative estimate of drug-likeness (QED) is 0.379. The number of amides is 1. The predicted molar refractivity (Wildman–Crippen MR) is 103 cm³/mol. The molecule has 1 amide bonds. The Morgan fingerprint density at radius 2 is 1.88 bits per heavy atom. The van der Waals surface area contributed by atoms with Crippen LogP contribution in [-0.4, -0.2) is 23.1 Å². The summed E-state index contributed by atoms with van der Waals surface area (Å²) in [6, 6.07) is 9.28. The Labute approximate surface area is 163 Å². The van der Waals surface area contributed by atoms with Gasteiger partial charge < -0.3 is 5.32 Å². The summed E-state index contributed by atoms with van der Waals surface area (Å²) in [5, 5.41) is 14.8. The van der Waals surface area contributed by atoms with Crippen LogP contribution in [0, 0.1) is 10.1 Å². The van der Waals surface area contributed by atoms with Gasteiger partial charge in [-0.1, -0.05) is 40.9 Å². The van der Waals surface area contributed by atoms with Gasteiger partial charge in [-0.25, -0.2) is 0 Å². The van der Waals surface area contributed by atoms with Gasteiger partial charge in [0.05, 0.1) is 4.92 Å². The average molecular weight is 420 g/mol. The number of thioether (sulfide) groups is 1. The maximum Gasteiger partial charge on any atom is 0.288 e. The van der Waals surface area contributed by atoms with E-state index in [-0.39, 0.29) is 22.2 Å². The molecule has 0 radical (unpaired) electrons. The van der Waals surface area contributed by atoms with E-state index in [9.17, 15) is 14.9 Å². The van der Waals surface area contributed by atoms with Crippen LogP contribution in [-0.2, 0) is 5.75 Å². The largest absolute Gasteiger partial charge is 0.351 e. The lowest BCUT2D eigenvalue weighted by atomic mass is 10.2. The molecule has 2 aromatic carbocycles. The normalized spacial score (nSPS) is 10.5. The minimum atomic E-state index is -0.620. The van der Waals surface area contributed by atoms with Gasteiger partial charge in [0.2, 0.25) is 0 Å². The summed E-state index contributed by atoms with van der Waals surface area (Å²) in [6.45, 7) is 0.422. The highest BCUT2D eigenvalue weighted by molar-refractivity contribution is 7.98. The van der Waals surface area contributed by atoms with Crippen LogP contribution in [0.1, 0.15) is 15.9 Å². The lowest BCUT2D eigenvalue weighted by Crippen LogP contribution is -2.25. The van der Waals surface area contributed by atoms with Crippen LogP contribution in [0.5, 0.6) is 0 Å². The molecule has 2 rings (SSSR count). The second-order valence-corrected chi connectivity index (χ2v) is 7.32. The van der Waals surface area contributed by atoms with E-state index in [1.807, 2.05) is 6.07 Å². The average Bonchev–Trinajstić information content (AvgIpc) is 2.56. The highest BCUT2D eigenvalue weighted by Crippen LogP contribution is 2.26. The molecule has 2 aromatic rings. The van der Waals surface area contributed by atoms with Gasteiger partial charge in [-0.3, -0.25) is 14.9 Å². The zero-order valence-corrected chi connectivity index (χ0v) is 15.9. The Kier molecular flexibility index (Phi) is 7.38. The van der Waals surface area contributed by atoms with Crippen molar-refractivity contribution in [2.75, 3.05) is 12.3 Å². The first-order chi connectivity index (χ1) is 11.9. The molecule has 1 N–H and O–H groups in total. The molecular weight excluding hydrogens is 407 g/mol. The second kappa shape index (κ2) is 9.29. The molecule has 0 bridgehead atoms. The zero-order chi connectivity index (χ0) is 18.4. The van der Waals surface area contributed by atoms with E-state index in [2.05, 4.69) is 5.32 Å². The van der Waals surface area contributed by atoms with Crippen LogP contribution in [0.25, 0.3) is 0 Å². The van der Waals surface area contributed by atoms with Crippen molar-refractivity contribution in [1.29, 1.82) is 0 Å². The molecular formula is C16H13Cl3N2O3S. The monoisotopic (exact) mass is 418 g/mol. The van der Waals surface area contributed by atoms with Gasteiger partial charge in [0.25, 0.3) is 11.6 Å². The Bertz CT molecular complexity index is 802. The SMILES string of the molecule is O=C(NCCSCc1ccc(Cl)cc1Cl)c1ccc(Cl)c([N+](=O)[O-])c1. The van der Waals surface area contributed by atoms with Crippen molar-refractivity contribution in [1.82, 2.24) is 5.32 Å². The third-order valence-corrected chi connectivity index (χ3v) is 5.12. The van der Waals surface area contributed by atoms with Gasteiger partial charge in [0.1, 0.15) is 5.02 Å². The predicted octanol–water partition coefficient (Wildman–Crippen LogP) is 5.22. The molecule has 0 aliphatic rings. The number of halogens is 3. The van der Waals surface area contributed by atoms with Gasteiger partial charge in [-0.15, -0.1) is 0 Å². The molecule has 0 aliphatic carbocycles. The summed E-state index contributed by atoms with van der Waals surface area (Å²) in [5.74, 6) is 0.975. The molecule has 0 aliphatic heterocycles. The number of nitro groups is 1. The van der Waals surface area contributed by atoms with Crippen molar-refractivity contribution in [3.8, 4) is 0 Å². The maximum absolute atomic E-state index is 12.0. The Morgan fingerprint density at radius 1 is 1.12 bits per heavy atom. The standard InChI is InChI=1S/C16H13Cl3N2O3S/c17-12-3-1-11(14(19)8-12)9-25-6-5-20-16(22)10-2-4-13(18)15(7-10)21(23)24/h1-4,7-8H,5-6,9H2,(H,20,22). The van der Waals surface area contributed by atoms with E-state index < -0.39 is 4.92 Å². The fourth-order valence-electron chi connectivity index (χ4n) is 1.95. The van der Waals surface area contributed by atoms with E-state index >= 15 is 0 Å². The number of rotatable bonds is 7. The van der Waals surface area contributed by atoms with E-state index in [0.717, 1.165) is 11.6 Å². The van der Waals surface area contributed by atoms with Crippen molar-refractivity contribution in [2.45, 2.75) is 5.75 Å². The summed E-state index contributed by atoms with van der Waals surface area (Å²) >= 11 is 19.3. The number of nitro benzene ring substituents is 1. The summed E-state index contributed by atoms with van der Waals surface area (Å²) < 4.78 is 0. The lowest BCUT2D eigenvalue weighted by molar-refractivity contribution is -0.384. The van der Waals surface area contributed by atoms with Crippen LogP contribution in [0.2, 0.25) is 15.1 Å². The third-order valence-electron chi connectivity index (χ3n) is 3.21. The van der Waals surface area contributed by atoms with Crippen molar-refractivity contribution in [3.05, 3.63) is 72.7 Å². The van der Waals surface area contributed by atoms with Crippen molar-refractivity contribution in [3.63, 3.8) is 0 Å². The molecule has 0 aromatic heterocycles. The van der Waals surface area contributed by atoms with Crippen molar-refractivity contribution >= 4 is 58.2 Å². The number of hydrogen-bond acceptors (Lipinski definition) is 4. The molecule has 25 heavy (non-hydrogen) atoms. The number of hydrogen-bond donors (Lipinski definition) is 1. The van der Waals surface area contributed by atoms with Gasteiger partial charge >= 0.3 is 0 Å². The second-order valence-electron chi connectivity index (χ2n) is 4.97. The molecule has 132 valence electrons. The van der Waals surface area contributed by atoms with E-state index in [0.29, 0.717) is 28.1 Å². The topological polar surface area (TPSA) is 72.2 Å². The molecule has 0 fully saturated rings. The Morgan fingerprint density at radius 3 is 2.56 bits per heavy atom. The molecule has 5 nitrogen and oxygen atoms in total. The first-order valence-electron chi connectivity index (χ1n) is 7.12. The van der Waals surface area contributed by atoms with Gasteiger partial charge in [-0.2, -0.15) is 11.8 Å². The summed E-state index contributed by atoms with van der Waals surface area (Å²) in [6.07, 6.45) is 0. The van der Waals surface area contributed by atoms with Gasteiger partial charge in [0, 0.05) is 39.7 Å². The number of benzene rings is 2. The van der Waals surface area contributed by atoms with Crippen LogP contribution < -0.4 is 5.32 Å². The maximum atomic E-state index is 12.0. The molecule has 0 heterocycles. The van der Waals surface area contributed by atoms with Crippen LogP contribution in [0.4, 0.5) is 5.69 Å². The first-order valence-corrected chi connectivity index (χ1v) is 9.41. The number of nitrogens with one attached hydrogen (secondary N) is 1. The smallest absolute Gasteiger partial charge is 0.288 e. The molecule has 0 unspecified atom stereocenters. The summed E-state index contributed by atoms with van der Waals surface area (Å²) in [7, 11) is 0. The fraction of sp³-hybridized carbons (Fsp3) is 0.188. The van der Waals surface area contributed by atoms with Gasteiger partial charge in [0.15, 0.2) is 0 Å². The highest BCUT2D eigenvalue weighted by Gasteiger charge is 2.16. The first kappa shape index (κ1) is 19.8. The van der Waals surface area contributed by atoms with Crippen LogP contribution >= 0.6 is 46.6 Å². The molecule has 0 atom stereocenters. The number of carbonyl (C=O) groups excluding carboxylic acids is 1. The summed E-state index contributed by atoms with van der Waals surface area (Å²) in [4.78, 5) is 22.3. The van der Waals surface area contributed by atoms with Crippen LogP contribution in [0.15, 0.2) is 36.4 Å². The van der Waals surface area contributed by atoms with E-state index in [4.69, 9.17) is 34.8 Å². The molecule has 0 saturated carbocycles. The Balaban J connectivity index is 1.81. The van der Waals surface area contributed by atoms with Crippen LogP contribution in [0.3, 0.4) is 0 Å². The van der Waals surface area contributed by atoms with Crippen molar-refractivity contribution in [2.24, 2.45) is 0 Å². The number of nitrogens with zero attached hydrogens (tertiary/aromatic N) is 1. The van der Waals surface area contributed by atoms with Gasteiger partial charge in [-0.05, 0) is 29.8 Å². The number of carbonyl (C=O) groups is 1.